The van der Waals surface area contributed by atoms with Crippen LogP contribution in [-0.4, -0.2) is 50.0 Å². The summed E-state index contributed by atoms with van der Waals surface area (Å²) in [6.07, 6.45) is 2.08. The molecule has 0 bridgehead atoms. The van der Waals surface area contributed by atoms with Crippen LogP contribution in [0, 0.1) is 0 Å². The quantitative estimate of drug-likeness (QED) is 0.728. The van der Waals surface area contributed by atoms with Crippen LogP contribution in [0.4, 0.5) is 0 Å². The van der Waals surface area contributed by atoms with Gasteiger partial charge in [0, 0.05) is 19.1 Å². The van der Waals surface area contributed by atoms with Crippen molar-refractivity contribution in [2.24, 2.45) is 0 Å². The fourth-order valence-electron chi connectivity index (χ4n) is 2.27. The lowest BCUT2D eigenvalue weighted by Gasteiger charge is -2.36. The van der Waals surface area contributed by atoms with E-state index in [2.05, 4.69) is 17.6 Å². The van der Waals surface area contributed by atoms with Crippen molar-refractivity contribution in [1.29, 1.82) is 0 Å². The molecule has 1 rings (SSSR count). The Bertz CT molecular complexity index is 282. The molecule has 0 radical (unpaired) electrons. The second kappa shape index (κ2) is 7.82. The molecule has 0 aromatic rings. The molecule has 1 heterocycles. The fraction of sp³-hybridized carbons (Fsp3) is 0.929. The molecule has 0 saturated carbocycles. The van der Waals surface area contributed by atoms with Crippen molar-refractivity contribution in [2.75, 3.05) is 26.3 Å². The first-order valence-corrected chi connectivity index (χ1v) is 7.18. The van der Waals surface area contributed by atoms with Gasteiger partial charge in [-0.3, -0.25) is 4.79 Å². The summed E-state index contributed by atoms with van der Waals surface area (Å²) in [5, 5.41) is 6.22. The highest BCUT2D eigenvalue weighted by Gasteiger charge is 2.28. The average molecular weight is 272 g/mol. The largest absolute Gasteiger partial charge is 0.369 e. The number of nitrogens with one attached hydrogen (secondary N) is 2. The van der Waals surface area contributed by atoms with E-state index in [4.69, 9.17) is 9.47 Å². The minimum absolute atomic E-state index is 0.0182. The van der Waals surface area contributed by atoms with Crippen LogP contribution in [0.15, 0.2) is 0 Å². The monoisotopic (exact) mass is 272 g/mol. The molecular formula is C14H28N2O3. The van der Waals surface area contributed by atoms with Crippen molar-refractivity contribution < 1.29 is 14.3 Å². The predicted octanol–water partition coefficient (Wildman–Crippen LogP) is 1.07. The molecule has 1 amide bonds. The first-order chi connectivity index (χ1) is 8.93. The Labute approximate surface area is 116 Å². The van der Waals surface area contributed by atoms with E-state index in [1.807, 2.05) is 20.8 Å². The van der Waals surface area contributed by atoms with Gasteiger partial charge >= 0.3 is 0 Å². The van der Waals surface area contributed by atoms with Gasteiger partial charge in [0.05, 0.1) is 18.3 Å². The summed E-state index contributed by atoms with van der Waals surface area (Å²) in [5.74, 6) is -0.0519. The number of hydrogen-bond donors (Lipinski definition) is 2. The van der Waals surface area contributed by atoms with E-state index >= 15 is 0 Å². The molecule has 0 spiro atoms. The van der Waals surface area contributed by atoms with Gasteiger partial charge in [0.25, 0.3) is 0 Å². The molecule has 2 atom stereocenters. The first kappa shape index (κ1) is 16.4. The molecule has 0 aromatic heterocycles. The van der Waals surface area contributed by atoms with E-state index in [1.54, 1.807) is 0 Å². The maximum atomic E-state index is 11.6. The van der Waals surface area contributed by atoms with Gasteiger partial charge in [-0.15, -0.1) is 0 Å². The Balaban J connectivity index is 2.14. The Hall–Kier alpha value is -0.650. The lowest BCUT2D eigenvalue weighted by molar-refractivity contribution is -0.136. The van der Waals surface area contributed by atoms with Gasteiger partial charge in [0.15, 0.2) is 0 Å². The van der Waals surface area contributed by atoms with Crippen molar-refractivity contribution >= 4 is 5.91 Å². The second-order valence-corrected chi connectivity index (χ2v) is 5.90. The van der Waals surface area contributed by atoms with Crippen LogP contribution in [0.2, 0.25) is 0 Å². The number of carbonyl (C=O) groups excluding carboxylic acids is 1. The maximum Gasteiger partial charge on any atom is 0.246 e. The van der Waals surface area contributed by atoms with E-state index < -0.39 is 0 Å². The average Bonchev–Trinajstić information content (AvgIpc) is 2.27. The Morgan fingerprint density at radius 3 is 2.95 bits per heavy atom. The topological polar surface area (TPSA) is 59.6 Å². The summed E-state index contributed by atoms with van der Waals surface area (Å²) in [7, 11) is 0. The van der Waals surface area contributed by atoms with Crippen LogP contribution in [-0.2, 0) is 14.3 Å². The van der Waals surface area contributed by atoms with Gasteiger partial charge in [-0.2, -0.15) is 0 Å². The lowest BCUT2D eigenvalue weighted by Crippen LogP contribution is -2.52. The number of morpholine rings is 1. The summed E-state index contributed by atoms with van der Waals surface area (Å²) in [5.41, 5.74) is -0.163. The fourth-order valence-corrected chi connectivity index (χ4v) is 2.27. The van der Waals surface area contributed by atoms with Crippen molar-refractivity contribution in [2.45, 2.75) is 58.3 Å². The standard InChI is InChI=1S/C14H28N2O3/c1-5-6-11(2)16-13(17)9-18-8-12-7-15-10-14(3,4)19-12/h11-12,15H,5-10H2,1-4H3,(H,16,17). The molecule has 19 heavy (non-hydrogen) atoms. The second-order valence-electron chi connectivity index (χ2n) is 5.90. The van der Waals surface area contributed by atoms with Gasteiger partial charge in [0.1, 0.15) is 6.61 Å². The van der Waals surface area contributed by atoms with E-state index in [-0.39, 0.29) is 30.3 Å². The van der Waals surface area contributed by atoms with E-state index in [0.717, 1.165) is 25.9 Å². The predicted molar refractivity (Wildman–Crippen MR) is 75.2 cm³/mol. The van der Waals surface area contributed by atoms with E-state index in [0.29, 0.717) is 6.61 Å². The van der Waals surface area contributed by atoms with Crippen LogP contribution < -0.4 is 10.6 Å². The third-order valence-electron chi connectivity index (χ3n) is 3.07. The normalized spacial score (nSPS) is 23.9. The van der Waals surface area contributed by atoms with Crippen molar-refractivity contribution in [3.8, 4) is 0 Å². The van der Waals surface area contributed by atoms with E-state index in [9.17, 15) is 4.79 Å². The van der Waals surface area contributed by atoms with Gasteiger partial charge in [-0.05, 0) is 27.2 Å². The van der Waals surface area contributed by atoms with Crippen LogP contribution in [0.25, 0.3) is 0 Å². The molecular weight excluding hydrogens is 244 g/mol. The Morgan fingerprint density at radius 1 is 1.58 bits per heavy atom. The van der Waals surface area contributed by atoms with Crippen LogP contribution in [0.3, 0.4) is 0 Å². The van der Waals surface area contributed by atoms with Crippen LogP contribution >= 0.6 is 0 Å². The highest BCUT2D eigenvalue weighted by Crippen LogP contribution is 2.15. The molecule has 0 aromatic carbocycles. The minimum Gasteiger partial charge on any atom is -0.369 e. The third kappa shape index (κ3) is 6.89. The summed E-state index contributed by atoms with van der Waals surface area (Å²) < 4.78 is 11.3. The van der Waals surface area contributed by atoms with Crippen molar-refractivity contribution in [3.63, 3.8) is 0 Å². The molecule has 1 fully saturated rings. The SMILES string of the molecule is CCCC(C)NC(=O)COCC1CNCC(C)(C)O1. The summed E-state index contributed by atoms with van der Waals surface area (Å²) in [6.45, 7) is 10.4. The lowest BCUT2D eigenvalue weighted by atomic mass is 10.1. The van der Waals surface area contributed by atoms with Gasteiger partial charge in [-0.25, -0.2) is 0 Å². The first-order valence-electron chi connectivity index (χ1n) is 7.18. The number of rotatable bonds is 7. The molecule has 5 nitrogen and oxygen atoms in total. The molecule has 0 aliphatic carbocycles. The number of carbonyl (C=O) groups is 1. The maximum absolute atomic E-state index is 11.6. The zero-order valence-corrected chi connectivity index (χ0v) is 12.6. The smallest absolute Gasteiger partial charge is 0.246 e. The van der Waals surface area contributed by atoms with Crippen LogP contribution in [0.5, 0.6) is 0 Å². The number of amides is 1. The zero-order chi connectivity index (χ0) is 14.3. The third-order valence-corrected chi connectivity index (χ3v) is 3.07. The van der Waals surface area contributed by atoms with E-state index in [1.165, 1.54) is 0 Å². The summed E-state index contributed by atoms with van der Waals surface area (Å²) >= 11 is 0. The summed E-state index contributed by atoms with van der Waals surface area (Å²) in [4.78, 5) is 11.6. The highest BCUT2D eigenvalue weighted by molar-refractivity contribution is 5.77. The minimum atomic E-state index is -0.163. The highest BCUT2D eigenvalue weighted by atomic mass is 16.5. The van der Waals surface area contributed by atoms with Gasteiger partial charge in [0.2, 0.25) is 5.91 Å². The molecule has 5 heteroatoms. The molecule has 1 aliphatic rings. The molecule has 1 saturated heterocycles. The Morgan fingerprint density at radius 2 is 2.32 bits per heavy atom. The zero-order valence-electron chi connectivity index (χ0n) is 12.6. The molecule has 2 N–H and O–H groups in total. The van der Waals surface area contributed by atoms with Crippen molar-refractivity contribution in [1.82, 2.24) is 10.6 Å². The summed E-state index contributed by atoms with van der Waals surface area (Å²) in [6, 6.07) is 0.215. The molecule has 112 valence electrons. The van der Waals surface area contributed by atoms with Crippen molar-refractivity contribution in [3.05, 3.63) is 0 Å². The van der Waals surface area contributed by atoms with Gasteiger partial charge < -0.3 is 20.1 Å². The molecule has 2 unspecified atom stereocenters. The number of hydrogen-bond acceptors (Lipinski definition) is 4. The van der Waals surface area contributed by atoms with Crippen LogP contribution in [0.1, 0.15) is 40.5 Å². The molecule has 1 aliphatic heterocycles. The number of ether oxygens (including phenoxy) is 2. The van der Waals surface area contributed by atoms with Gasteiger partial charge in [-0.1, -0.05) is 13.3 Å². The Kier molecular flexibility index (Phi) is 6.75.